The van der Waals surface area contributed by atoms with Crippen molar-refractivity contribution >= 4 is 11.6 Å². The second kappa shape index (κ2) is 6.71. The molecule has 3 rings (SSSR count). The molecular weight excluding hydrogens is 280 g/mol. The van der Waals surface area contributed by atoms with Crippen LogP contribution in [0.2, 0.25) is 0 Å². The Balaban J connectivity index is 1.63. The van der Waals surface area contributed by atoms with Gasteiger partial charge in [-0.2, -0.15) is 0 Å². The van der Waals surface area contributed by atoms with E-state index in [1.807, 2.05) is 7.11 Å². The molecule has 1 unspecified atom stereocenters. The van der Waals surface area contributed by atoms with Crippen molar-refractivity contribution in [2.75, 3.05) is 7.11 Å². The number of alkyl halides is 1. The molecule has 0 N–H and O–H groups in total. The highest BCUT2D eigenvalue weighted by Gasteiger charge is 2.38. The first-order valence-electron chi connectivity index (χ1n) is 8.51. The average molecular weight is 307 g/mol. The number of benzene rings is 1. The van der Waals surface area contributed by atoms with Crippen molar-refractivity contribution in [2.45, 2.75) is 74.7 Å². The van der Waals surface area contributed by atoms with Crippen molar-refractivity contribution in [1.29, 1.82) is 0 Å². The molecule has 2 heteroatoms. The molecule has 1 aromatic carbocycles. The number of hydrogen-bond acceptors (Lipinski definition) is 1. The third kappa shape index (κ3) is 3.46. The first kappa shape index (κ1) is 15.4. The highest BCUT2D eigenvalue weighted by molar-refractivity contribution is 6.20. The molecule has 1 atom stereocenters. The van der Waals surface area contributed by atoms with E-state index >= 15 is 0 Å². The van der Waals surface area contributed by atoms with E-state index in [9.17, 15) is 0 Å². The van der Waals surface area contributed by atoms with Gasteiger partial charge in [-0.15, -0.1) is 11.6 Å². The van der Waals surface area contributed by atoms with Crippen LogP contribution in [-0.2, 0) is 4.74 Å². The van der Waals surface area contributed by atoms with Gasteiger partial charge in [0.15, 0.2) is 0 Å². The van der Waals surface area contributed by atoms with E-state index in [0.717, 1.165) is 25.2 Å². The molecule has 2 fully saturated rings. The van der Waals surface area contributed by atoms with Crippen LogP contribution in [0.3, 0.4) is 0 Å². The van der Waals surface area contributed by atoms with Crippen molar-refractivity contribution in [2.24, 2.45) is 0 Å². The summed E-state index contributed by atoms with van der Waals surface area (Å²) in [6.07, 6.45) is 11.4. The number of hydrogen-bond donors (Lipinski definition) is 0. The monoisotopic (exact) mass is 306 g/mol. The van der Waals surface area contributed by atoms with Crippen molar-refractivity contribution in [3.8, 4) is 0 Å². The van der Waals surface area contributed by atoms with Gasteiger partial charge in [0.25, 0.3) is 0 Å². The third-order valence-corrected chi connectivity index (χ3v) is 6.03. The SMILES string of the molecule is COC1(CC(Cl)c2ccc(C3CCCCC3)cc2)CCC1. The van der Waals surface area contributed by atoms with Gasteiger partial charge in [-0.25, -0.2) is 0 Å². The molecule has 0 amide bonds. The van der Waals surface area contributed by atoms with Crippen LogP contribution in [0.4, 0.5) is 0 Å². The minimum atomic E-state index is 0.0501. The molecule has 0 heterocycles. The lowest BCUT2D eigenvalue weighted by Crippen LogP contribution is -2.39. The molecule has 0 aliphatic heterocycles. The van der Waals surface area contributed by atoms with Gasteiger partial charge in [-0.05, 0) is 55.6 Å². The van der Waals surface area contributed by atoms with Crippen molar-refractivity contribution in [3.63, 3.8) is 0 Å². The van der Waals surface area contributed by atoms with E-state index in [0.29, 0.717) is 0 Å². The second-order valence-corrected chi connectivity index (χ2v) is 7.44. The molecule has 1 aromatic rings. The molecule has 0 bridgehead atoms. The summed E-state index contributed by atoms with van der Waals surface area (Å²) < 4.78 is 5.70. The number of methoxy groups -OCH3 is 1. The molecular formula is C19H27ClO. The standard InChI is InChI=1S/C19H27ClO/c1-21-19(12-5-13-19)14-18(20)17-10-8-16(9-11-17)15-6-3-2-4-7-15/h8-11,15,18H,2-7,12-14H2,1H3. The molecule has 0 radical (unpaired) electrons. The minimum absolute atomic E-state index is 0.0501. The maximum atomic E-state index is 6.64. The van der Waals surface area contributed by atoms with E-state index in [1.165, 1.54) is 49.7 Å². The first-order chi connectivity index (χ1) is 10.2. The predicted octanol–water partition coefficient (Wildman–Crippen LogP) is 5.97. The maximum absolute atomic E-state index is 6.64. The van der Waals surface area contributed by atoms with Gasteiger partial charge in [0.05, 0.1) is 11.0 Å². The van der Waals surface area contributed by atoms with Crippen LogP contribution in [0.1, 0.15) is 80.2 Å². The van der Waals surface area contributed by atoms with Crippen LogP contribution >= 0.6 is 11.6 Å². The summed E-state index contributed by atoms with van der Waals surface area (Å²) in [5, 5.41) is 0.0747. The van der Waals surface area contributed by atoms with Gasteiger partial charge in [0.1, 0.15) is 0 Å². The van der Waals surface area contributed by atoms with E-state index in [2.05, 4.69) is 24.3 Å². The number of rotatable bonds is 5. The molecule has 0 aromatic heterocycles. The fourth-order valence-electron chi connectivity index (χ4n) is 3.92. The predicted molar refractivity (Wildman–Crippen MR) is 89.1 cm³/mol. The smallest absolute Gasteiger partial charge is 0.0696 e. The van der Waals surface area contributed by atoms with Gasteiger partial charge in [0, 0.05) is 7.11 Å². The topological polar surface area (TPSA) is 9.23 Å². The average Bonchev–Trinajstić information content (AvgIpc) is 2.52. The summed E-state index contributed by atoms with van der Waals surface area (Å²) in [5.41, 5.74) is 2.81. The Bertz CT molecular complexity index is 438. The zero-order valence-electron chi connectivity index (χ0n) is 13.1. The molecule has 0 spiro atoms. The lowest BCUT2D eigenvalue weighted by Gasteiger charge is -2.41. The summed E-state index contributed by atoms with van der Waals surface area (Å²) in [5.74, 6) is 0.776. The largest absolute Gasteiger partial charge is 0.378 e. The van der Waals surface area contributed by atoms with Crippen LogP contribution in [0.5, 0.6) is 0 Å². The number of ether oxygens (including phenoxy) is 1. The van der Waals surface area contributed by atoms with Crippen LogP contribution in [-0.4, -0.2) is 12.7 Å². The molecule has 1 nitrogen and oxygen atoms in total. The fourth-order valence-corrected chi connectivity index (χ4v) is 4.35. The van der Waals surface area contributed by atoms with Crippen LogP contribution in [0.25, 0.3) is 0 Å². The Hall–Kier alpha value is -0.530. The summed E-state index contributed by atoms with van der Waals surface area (Å²) in [7, 11) is 1.83. The van der Waals surface area contributed by atoms with Gasteiger partial charge in [-0.3, -0.25) is 0 Å². The highest BCUT2D eigenvalue weighted by Crippen LogP contribution is 2.44. The Morgan fingerprint density at radius 1 is 1.10 bits per heavy atom. The van der Waals surface area contributed by atoms with Crippen molar-refractivity contribution < 1.29 is 4.74 Å². The Morgan fingerprint density at radius 3 is 2.29 bits per heavy atom. The quantitative estimate of drug-likeness (QED) is 0.609. The molecule has 2 aliphatic carbocycles. The van der Waals surface area contributed by atoms with E-state index in [4.69, 9.17) is 16.3 Å². The second-order valence-electron chi connectivity index (χ2n) is 6.91. The van der Waals surface area contributed by atoms with Crippen LogP contribution in [0.15, 0.2) is 24.3 Å². The molecule has 116 valence electrons. The lowest BCUT2D eigenvalue weighted by molar-refractivity contribution is -0.0780. The Labute approximate surface area is 134 Å². The lowest BCUT2D eigenvalue weighted by atomic mass is 9.76. The van der Waals surface area contributed by atoms with Crippen molar-refractivity contribution in [1.82, 2.24) is 0 Å². The zero-order valence-corrected chi connectivity index (χ0v) is 13.9. The van der Waals surface area contributed by atoms with Crippen molar-refractivity contribution in [3.05, 3.63) is 35.4 Å². The fraction of sp³-hybridized carbons (Fsp3) is 0.684. The van der Waals surface area contributed by atoms with E-state index < -0.39 is 0 Å². The summed E-state index contributed by atoms with van der Waals surface area (Å²) in [4.78, 5) is 0. The van der Waals surface area contributed by atoms with Gasteiger partial charge >= 0.3 is 0 Å². The summed E-state index contributed by atoms with van der Waals surface area (Å²) in [6.45, 7) is 0. The first-order valence-corrected chi connectivity index (χ1v) is 8.95. The Kier molecular flexibility index (Phi) is 4.91. The van der Waals surface area contributed by atoms with Gasteiger partial charge < -0.3 is 4.74 Å². The third-order valence-electron chi connectivity index (χ3n) is 5.62. The minimum Gasteiger partial charge on any atom is -0.378 e. The van der Waals surface area contributed by atoms with E-state index in [-0.39, 0.29) is 11.0 Å². The molecule has 2 saturated carbocycles. The number of halogens is 1. The zero-order chi connectivity index (χ0) is 14.7. The van der Waals surface area contributed by atoms with E-state index in [1.54, 1.807) is 0 Å². The normalized spacial score (nSPS) is 23.5. The molecule has 0 saturated heterocycles. The Morgan fingerprint density at radius 2 is 1.76 bits per heavy atom. The summed E-state index contributed by atoms with van der Waals surface area (Å²) >= 11 is 6.64. The molecule has 2 aliphatic rings. The van der Waals surface area contributed by atoms with Crippen LogP contribution < -0.4 is 0 Å². The van der Waals surface area contributed by atoms with Gasteiger partial charge in [0.2, 0.25) is 0 Å². The molecule has 21 heavy (non-hydrogen) atoms. The van der Waals surface area contributed by atoms with Gasteiger partial charge in [-0.1, -0.05) is 43.5 Å². The summed E-state index contributed by atoms with van der Waals surface area (Å²) in [6, 6.07) is 9.09. The highest BCUT2D eigenvalue weighted by atomic mass is 35.5. The van der Waals surface area contributed by atoms with Crippen LogP contribution in [0, 0.1) is 0 Å². The maximum Gasteiger partial charge on any atom is 0.0696 e.